The third kappa shape index (κ3) is 5.79. The first-order valence-electron chi connectivity index (χ1n) is 5.78. The lowest BCUT2D eigenvalue weighted by Crippen LogP contribution is -2.29. The van der Waals surface area contributed by atoms with E-state index < -0.39 is 6.10 Å². The van der Waals surface area contributed by atoms with Gasteiger partial charge in [0.25, 0.3) is 0 Å². The Balaban J connectivity index is 2.24. The van der Waals surface area contributed by atoms with E-state index in [-0.39, 0.29) is 12.6 Å². The highest BCUT2D eigenvalue weighted by atomic mass is 16.5. The molecule has 0 heterocycles. The first-order valence-corrected chi connectivity index (χ1v) is 5.78. The van der Waals surface area contributed by atoms with Crippen LogP contribution in [0, 0.1) is 0 Å². The Morgan fingerprint density at radius 2 is 2.00 bits per heavy atom. The largest absolute Gasteiger partial charge is 0.392 e. The van der Waals surface area contributed by atoms with Crippen LogP contribution in [-0.2, 0) is 16.1 Å². The average Bonchev–Trinajstić information content (AvgIpc) is 2.38. The van der Waals surface area contributed by atoms with Gasteiger partial charge >= 0.3 is 0 Å². The van der Waals surface area contributed by atoms with Gasteiger partial charge in [-0.15, -0.1) is 0 Å². The second-order valence-electron chi connectivity index (χ2n) is 3.98. The molecule has 0 bridgehead atoms. The quantitative estimate of drug-likeness (QED) is 0.708. The maximum absolute atomic E-state index is 9.42. The minimum absolute atomic E-state index is 0.114. The predicted octanol–water partition coefficient (Wildman–Crippen LogP) is 0.928. The van der Waals surface area contributed by atoms with Crippen molar-refractivity contribution in [2.75, 3.05) is 20.3 Å². The van der Waals surface area contributed by atoms with Crippen molar-refractivity contribution in [1.29, 1.82) is 0 Å². The molecule has 2 unspecified atom stereocenters. The minimum atomic E-state index is -0.528. The Labute approximate surface area is 102 Å². The summed E-state index contributed by atoms with van der Waals surface area (Å²) in [6.07, 6.45) is -0.139. The van der Waals surface area contributed by atoms with Gasteiger partial charge < -0.3 is 20.3 Å². The van der Waals surface area contributed by atoms with Gasteiger partial charge in [0.15, 0.2) is 0 Å². The highest BCUT2D eigenvalue weighted by Gasteiger charge is 2.12. The molecule has 0 radical (unpaired) electrons. The molecule has 0 amide bonds. The molecule has 1 aromatic rings. The standard InChI is InChI=1S/C13H21NO3/c1-16-13(7-12(15)8-14)10-17-9-11-5-3-2-4-6-11/h2-6,12-13,15H,7-10,14H2,1H3. The van der Waals surface area contributed by atoms with E-state index >= 15 is 0 Å². The van der Waals surface area contributed by atoms with Crippen LogP contribution in [0.1, 0.15) is 12.0 Å². The van der Waals surface area contributed by atoms with Crippen LogP contribution >= 0.6 is 0 Å². The second kappa shape index (κ2) is 8.20. The number of aliphatic hydroxyl groups excluding tert-OH is 1. The summed E-state index contributed by atoms with van der Waals surface area (Å²) in [4.78, 5) is 0. The number of methoxy groups -OCH3 is 1. The number of aliphatic hydroxyl groups is 1. The molecule has 4 nitrogen and oxygen atoms in total. The smallest absolute Gasteiger partial charge is 0.0829 e. The Bertz CT molecular complexity index is 292. The summed E-state index contributed by atoms with van der Waals surface area (Å²) >= 11 is 0. The van der Waals surface area contributed by atoms with Crippen molar-refractivity contribution in [2.24, 2.45) is 5.73 Å². The third-order valence-electron chi connectivity index (χ3n) is 2.56. The van der Waals surface area contributed by atoms with E-state index in [4.69, 9.17) is 15.2 Å². The average molecular weight is 239 g/mol. The highest BCUT2D eigenvalue weighted by Crippen LogP contribution is 2.05. The molecule has 0 aliphatic heterocycles. The van der Waals surface area contributed by atoms with E-state index in [9.17, 15) is 5.11 Å². The predicted molar refractivity (Wildman–Crippen MR) is 66.6 cm³/mol. The fourth-order valence-corrected chi connectivity index (χ4v) is 1.51. The maximum Gasteiger partial charge on any atom is 0.0829 e. The van der Waals surface area contributed by atoms with E-state index in [1.165, 1.54) is 0 Å². The molecule has 96 valence electrons. The van der Waals surface area contributed by atoms with Gasteiger partial charge in [-0.3, -0.25) is 0 Å². The molecule has 0 aromatic heterocycles. The van der Waals surface area contributed by atoms with Gasteiger partial charge in [-0.1, -0.05) is 30.3 Å². The van der Waals surface area contributed by atoms with Gasteiger partial charge in [0.05, 0.1) is 25.4 Å². The SMILES string of the molecule is COC(COCc1ccccc1)CC(O)CN. The normalized spacial score (nSPS) is 14.5. The number of rotatable bonds is 8. The van der Waals surface area contributed by atoms with Crippen molar-refractivity contribution in [3.05, 3.63) is 35.9 Å². The molecule has 17 heavy (non-hydrogen) atoms. The molecule has 2 atom stereocenters. The van der Waals surface area contributed by atoms with Crippen LogP contribution in [0.4, 0.5) is 0 Å². The fraction of sp³-hybridized carbons (Fsp3) is 0.538. The van der Waals surface area contributed by atoms with Crippen molar-refractivity contribution < 1.29 is 14.6 Å². The van der Waals surface area contributed by atoms with E-state index in [1.807, 2.05) is 30.3 Å². The van der Waals surface area contributed by atoms with Crippen LogP contribution in [0.15, 0.2) is 30.3 Å². The maximum atomic E-state index is 9.42. The molecule has 0 saturated heterocycles. The van der Waals surface area contributed by atoms with Crippen molar-refractivity contribution in [3.63, 3.8) is 0 Å². The molecule has 1 aromatic carbocycles. The number of hydrogen-bond donors (Lipinski definition) is 2. The van der Waals surface area contributed by atoms with Crippen molar-refractivity contribution >= 4 is 0 Å². The van der Waals surface area contributed by atoms with E-state index in [0.29, 0.717) is 19.6 Å². The summed E-state index contributed by atoms with van der Waals surface area (Å²) in [6.45, 7) is 1.26. The molecular weight excluding hydrogens is 218 g/mol. The van der Waals surface area contributed by atoms with Crippen LogP contribution in [-0.4, -0.2) is 37.6 Å². The molecule has 0 fully saturated rings. The Hall–Kier alpha value is -0.940. The lowest BCUT2D eigenvalue weighted by atomic mass is 10.1. The van der Waals surface area contributed by atoms with Crippen LogP contribution in [0.2, 0.25) is 0 Å². The second-order valence-corrected chi connectivity index (χ2v) is 3.98. The first kappa shape index (κ1) is 14.1. The van der Waals surface area contributed by atoms with E-state index in [0.717, 1.165) is 5.56 Å². The summed E-state index contributed by atoms with van der Waals surface area (Å²) in [5, 5.41) is 9.42. The molecule has 4 heteroatoms. The van der Waals surface area contributed by atoms with Crippen molar-refractivity contribution in [3.8, 4) is 0 Å². The summed E-state index contributed by atoms with van der Waals surface area (Å²) in [6, 6.07) is 9.95. The topological polar surface area (TPSA) is 64.7 Å². The third-order valence-corrected chi connectivity index (χ3v) is 2.56. The molecule has 0 saturated carbocycles. The van der Waals surface area contributed by atoms with Crippen LogP contribution < -0.4 is 5.73 Å². The Morgan fingerprint density at radius 1 is 1.29 bits per heavy atom. The Morgan fingerprint density at radius 3 is 2.59 bits per heavy atom. The number of benzene rings is 1. The van der Waals surface area contributed by atoms with Crippen LogP contribution in [0.5, 0.6) is 0 Å². The lowest BCUT2D eigenvalue weighted by Gasteiger charge is -2.18. The zero-order valence-corrected chi connectivity index (χ0v) is 10.2. The molecule has 0 aliphatic carbocycles. The zero-order valence-electron chi connectivity index (χ0n) is 10.2. The Kier molecular flexibility index (Phi) is 6.81. The number of nitrogens with two attached hydrogens (primary N) is 1. The van der Waals surface area contributed by atoms with E-state index in [2.05, 4.69) is 0 Å². The van der Waals surface area contributed by atoms with Gasteiger partial charge in [-0.2, -0.15) is 0 Å². The summed E-state index contributed by atoms with van der Waals surface area (Å²) in [7, 11) is 1.61. The van der Waals surface area contributed by atoms with Crippen molar-refractivity contribution in [2.45, 2.75) is 25.2 Å². The monoisotopic (exact) mass is 239 g/mol. The number of hydrogen-bond acceptors (Lipinski definition) is 4. The molecule has 0 aliphatic rings. The van der Waals surface area contributed by atoms with Gasteiger partial charge in [0.2, 0.25) is 0 Å². The lowest BCUT2D eigenvalue weighted by molar-refractivity contribution is -0.0213. The highest BCUT2D eigenvalue weighted by molar-refractivity contribution is 5.13. The fourth-order valence-electron chi connectivity index (χ4n) is 1.51. The van der Waals surface area contributed by atoms with E-state index in [1.54, 1.807) is 7.11 Å². The van der Waals surface area contributed by atoms with Gasteiger partial charge in [0.1, 0.15) is 0 Å². The molecule has 1 rings (SSSR count). The summed E-state index contributed by atoms with van der Waals surface area (Å²) < 4.78 is 10.8. The molecule has 3 N–H and O–H groups in total. The van der Waals surface area contributed by atoms with Gasteiger partial charge in [-0.25, -0.2) is 0 Å². The van der Waals surface area contributed by atoms with Crippen molar-refractivity contribution in [1.82, 2.24) is 0 Å². The number of ether oxygens (including phenoxy) is 2. The minimum Gasteiger partial charge on any atom is -0.392 e. The zero-order chi connectivity index (χ0) is 12.5. The van der Waals surface area contributed by atoms with Crippen LogP contribution in [0.3, 0.4) is 0 Å². The van der Waals surface area contributed by atoms with Gasteiger partial charge in [-0.05, 0) is 5.56 Å². The first-order chi connectivity index (χ1) is 8.26. The molecular formula is C13H21NO3. The van der Waals surface area contributed by atoms with Crippen LogP contribution in [0.25, 0.3) is 0 Å². The summed E-state index contributed by atoms with van der Waals surface area (Å²) in [5.74, 6) is 0. The summed E-state index contributed by atoms with van der Waals surface area (Å²) in [5.41, 5.74) is 6.47. The van der Waals surface area contributed by atoms with Gasteiger partial charge in [0, 0.05) is 20.1 Å². The molecule has 0 spiro atoms.